The second-order valence-corrected chi connectivity index (χ2v) is 6.06. The minimum atomic E-state index is -0.704. The van der Waals surface area contributed by atoms with Crippen LogP contribution in [0.1, 0.15) is 37.0 Å². The summed E-state index contributed by atoms with van der Waals surface area (Å²) in [5.41, 5.74) is 5.80. The lowest BCUT2D eigenvalue weighted by Gasteiger charge is -2.22. The predicted octanol–water partition coefficient (Wildman–Crippen LogP) is 0.910. The fraction of sp³-hybridized carbons (Fsp3) is 0.500. The van der Waals surface area contributed by atoms with Crippen LogP contribution in [-0.4, -0.2) is 30.6 Å². The molecule has 1 aromatic carbocycles. The Labute approximate surface area is 135 Å². The molecule has 0 bridgehead atoms. The minimum absolute atomic E-state index is 0.0604. The molecule has 1 heterocycles. The van der Waals surface area contributed by atoms with Gasteiger partial charge in [0.2, 0.25) is 5.91 Å². The van der Waals surface area contributed by atoms with Crippen LogP contribution in [0, 0.1) is 11.7 Å². The smallest absolute Gasteiger partial charge is 0.254 e. The number of carbonyl (C=O) groups is 2. The molecule has 2 atom stereocenters. The standard InChI is InChI=1S/C16H23FN4O2/c1-10(2)9-13(16(23)20-14-7-8-18-21-14)19-15(22)11-5-3-4-6-12(11)17/h3-6,10,13-14,18,21H,7-9H2,1-2H3,(H,19,22)(H,20,23)/t13-,14-/m0/s1. The quantitative estimate of drug-likeness (QED) is 0.627. The topological polar surface area (TPSA) is 82.3 Å². The maximum atomic E-state index is 13.7. The number of rotatable bonds is 6. The number of hydrogen-bond acceptors (Lipinski definition) is 4. The van der Waals surface area contributed by atoms with Crippen LogP contribution in [0.3, 0.4) is 0 Å². The molecule has 0 radical (unpaired) electrons. The predicted molar refractivity (Wildman–Crippen MR) is 84.8 cm³/mol. The average molecular weight is 322 g/mol. The maximum Gasteiger partial charge on any atom is 0.254 e. The molecular formula is C16H23FN4O2. The van der Waals surface area contributed by atoms with E-state index in [1.807, 2.05) is 13.8 Å². The lowest BCUT2D eigenvalue weighted by Crippen LogP contribution is -2.53. The second kappa shape index (κ2) is 8.03. The summed E-state index contributed by atoms with van der Waals surface area (Å²) in [4.78, 5) is 24.6. The van der Waals surface area contributed by atoms with E-state index in [0.29, 0.717) is 6.42 Å². The van der Waals surface area contributed by atoms with Gasteiger partial charge in [-0.25, -0.2) is 9.82 Å². The van der Waals surface area contributed by atoms with E-state index in [9.17, 15) is 14.0 Å². The lowest BCUT2D eigenvalue weighted by atomic mass is 10.0. The van der Waals surface area contributed by atoms with Crippen molar-refractivity contribution in [1.29, 1.82) is 0 Å². The van der Waals surface area contributed by atoms with Crippen molar-refractivity contribution in [2.45, 2.75) is 38.9 Å². The summed E-state index contributed by atoms with van der Waals surface area (Å²) in [6.07, 6.45) is 1.08. The molecule has 0 saturated carbocycles. The van der Waals surface area contributed by atoms with Crippen molar-refractivity contribution in [1.82, 2.24) is 21.5 Å². The van der Waals surface area contributed by atoms with Gasteiger partial charge in [0.15, 0.2) is 0 Å². The van der Waals surface area contributed by atoms with Gasteiger partial charge in [-0.2, -0.15) is 0 Å². The highest BCUT2D eigenvalue weighted by molar-refractivity contribution is 5.97. The van der Waals surface area contributed by atoms with Crippen molar-refractivity contribution in [2.75, 3.05) is 6.54 Å². The summed E-state index contributed by atoms with van der Waals surface area (Å²) < 4.78 is 13.7. The van der Waals surface area contributed by atoms with Crippen LogP contribution in [0.4, 0.5) is 4.39 Å². The average Bonchev–Trinajstić information content (AvgIpc) is 2.99. The van der Waals surface area contributed by atoms with Crippen LogP contribution >= 0.6 is 0 Å². The van der Waals surface area contributed by atoms with E-state index in [1.165, 1.54) is 18.2 Å². The number of nitrogens with one attached hydrogen (secondary N) is 4. The normalized spacial score (nSPS) is 18.7. The first-order chi connectivity index (χ1) is 11.0. The van der Waals surface area contributed by atoms with Crippen molar-refractivity contribution in [3.05, 3.63) is 35.6 Å². The molecule has 0 spiro atoms. The van der Waals surface area contributed by atoms with E-state index in [4.69, 9.17) is 0 Å². The fourth-order valence-electron chi connectivity index (χ4n) is 2.45. The summed E-state index contributed by atoms with van der Waals surface area (Å²) in [5.74, 6) is -1.25. The number of benzene rings is 1. The van der Waals surface area contributed by atoms with E-state index >= 15 is 0 Å². The molecule has 126 valence electrons. The van der Waals surface area contributed by atoms with Crippen LogP contribution in [0.5, 0.6) is 0 Å². The lowest BCUT2D eigenvalue weighted by molar-refractivity contribution is -0.124. The van der Waals surface area contributed by atoms with Gasteiger partial charge in [-0.05, 0) is 30.9 Å². The van der Waals surface area contributed by atoms with Gasteiger partial charge < -0.3 is 10.6 Å². The van der Waals surface area contributed by atoms with Gasteiger partial charge in [0.25, 0.3) is 5.91 Å². The van der Waals surface area contributed by atoms with E-state index in [1.54, 1.807) is 6.07 Å². The van der Waals surface area contributed by atoms with Crippen molar-refractivity contribution in [3.63, 3.8) is 0 Å². The van der Waals surface area contributed by atoms with Crippen LogP contribution < -0.4 is 21.5 Å². The SMILES string of the molecule is CC(C)C[C@H](NC(=O)c1ccccc1F)C(=O)N[C@@H]1CCNN1. The Hall–Kier alpha value is -1.99. The molecule has 4 N–H and O–H groups in total. The molecule has 0 aliphatic carbocycles. The molecule has 1 aliphatic rings. The first-order valence-corrected chi connectivity index (χ1v) is 7.81. The molecule has 6 nitrogen and oxygen atoms in total. The molecular weight excluding hydrogens is 299 g/mol. The first-order valence-electron chi connectivity index (χ1n) is 7.81. The van der Waals surface area contributed by atoms with Crippen LogP contribution in [0.15, 0.2) is 24.3 Å². The summed E-state index contributed by atoms with van der Waals surface area (Å²) in [6.45, 7) is 4.69. The van der Waals surface area contributed by atoms with E-state index in [-0.39, 0.29) is 23.6 Å². The maximum absolute atomic E-state index is 13.7. The third-order valence-electron chi connectivity index (χ3n) is 3.60. The number of hydrazine groups is 1. The van der Waals surface area contributed by atoms with Gasteiger partial charge >= 0.3 is 0 Å². The Bertz CT molecular complexity index is 559. The van der Waals surface area contributed by atoms with Crippen molar-refractivity contribution >= 4 is 11.8 Å². The Morgan fingerprint density at radius 1 is 1.35 bits per heavy atom. The molecule has 1 saturated heterocycles. The Balaban J connectivity index is 2.03. The number of hydrogen-bond donors (Lipinski definition) is 4. The molecule has 7 heteroatoms. The Kier molecular flexibility index (Phi) is 6.06. The molecule has 1 fully saturated rings. The molecule has 1 aliphatic heterocycles. The number of carbonyl (C=O) groups excluding carboxylic acids is 2. The van der Waals surface area contributed by atoms with Crippen LogP contribution in [0.2, 0.25) is 0 Å². The van der Waals surface area contributed by atoms with Gasteiger partial charge in [-0.15, -0.1) is 0 Å². The van der Waals surface area contributed by atoms with Gasteiger partial charge in [0.05, 0.1) is 11.7 Å². The van der Waals surface area contributed by atoms with Crippen LogP contribution in [0.25, 0.3) is 0 Å². The van der Waals surface area contributed by atoms with Crippen molar-refractivity contribution in [2.24, 2.45) is 5.92 Å². The van der Waals surface area contributed by atoms with E-state index < -0.39 is 17.8 Å². The highest BCUT2D eigenvalue weighted by Crippen LogP contribution is 2.10. The monoisotopic (exact) mass is 322 g/mol. The van der Waals surface area contributed by atoms with Gasteiger partial charge in [-0.3, -0.25) is 15.0 Å². The molecule has 2 rings (SSSR count). The van der Waals surface area contributed by atoms with E-state index in [0.717, 1.165) is 13.0 Å². The summed E-state index contributed by atoms with van der Waals surface area (Å²) in [5, 5.41) is 5.47. The molecule has 1 aromatic rings. The van der Waals surface area contributed by atoms with Crippen molar-refractivity contribution < 1.29 is 14.0 Å². The summed E-state index contributed by atoms with van der Waals surface area (Å²) in [7, 11) is 0. The number of halogens is 1. The molecule has 23 heavy (non-hydrogen) atoms. The first kappa shape index (κ1) is 17.4. The molecule has 0 aromatic heterocycles. The largest absolute Gasteiger partial charge is 0.340 e. The summed E-state index contributed by atoms with van der Waals surface area (Å²) >= 11 is 0. The minimum Gasteiger partial charge on any atom is -0.340 e. The molecule has 0 unspecified atom stereocenters. The second-order valence-electron chi connectivity index (χ2n) is 6.06. The fourth-order valence-corrected chi connectivity index (χ4v) is 2.45. The highest BCUT2D eigenvalue weighted by atomic mass is 19.1. The zero-order chi connectivity index (χ0) is 16.8. The van der Waals surface area contributed by atoms with E-state index in [2.05, 4.69) is 21.5 Å². The highest BCUT2D eigenvalue weighted by Gasteiger charge is 2.26. The third-order valence-corrected chi connectivity index (χ3v) is 3.60. The van der Waals surface area contributed by atoms with Gasteiger partial charge in [0, 0.05) is 6.54 Å². The van der Waals surface area contributed by atoms with Crippen molar-refractivity contribution in [3.8, 4) is 0 Å². The third kappa shape index (κ3) is 5.01. The zero-order valence-corrected chi connectivity index (χ0v) is 13.4. The zero-order valence-electron chi connectivity index (χ0n) is 13.4. The Morgan fingerprint density at radius 3 is 2.70 bits per heavy atom. The summed E-state index contributed by atoms with van der Waals surface area (Å²) in [6, 6.07) is 5.02. The van der Waals surface area contributed by atoms with Gasteiger partial charge in [-0.1, -0.05) is 26.0 Å². The van der Waals surface area contributed by atoms with Crippen LogP contribution in [-0.2, 0) is 4.79 Å². The molecule has 2 amide bonds. The Morgan fingerprint density at radius 2 is 2.09 bits per heavy atom. The number of amides is 2. The van der Waals surface area contributed by atoms with Gasteiger partial charge in [0.1, 0.15) is 11.9 Å².